The molecule has 7 nitrogen and oxygen atoms in total. The lowest BCUT2D eigenvalue weighted by atomic mass is 10.1. The normalized spacial score (nSPS) is 12.6. The van der Waals surface area contributed by atoms with E-state index in [1.807, 2.05) is 6.92 Å². The number of hydrogen-bond donors (Lipinski definition) is 2. The first-order chi connectivity index (χ1) is 12.3. The van der Waals surface area contributed by atoms with Gasteiger partial charge in [-0.3, -0.25) is 9.63 Å². The fraction of sp³-hybridized carbons (Fsp3) is 0.312. The number of amides is 1. The molecule has 0 aliphatic carbocycles. The monoisotopic (exact) mass is 370 g/mol. The number of carbonyl (C=O) groups excluding carboxylic acids is 1. The fourth-order valence-corrected chi connectivity index (χ4v) is 1.87. The molecule has 0 spiro atoms. The Morgan fingerprint density at radius 1 is 1.38 bits per heavy atom. The number of hydrogen-bond acceptors (Lipinski definition) is 6. The smallest absolute Gasteiger partial charge is 0.350 e. The van der Waals surface area contributed by atoms with Crippen LogP contribution in [-0.2, 0) is 11.0 Å². The molecular formula is C16H17F3N4O3. The summed E-state index contributed by atoms with van der Waals surface area (Å²) in [5.74, 6) is -1.96. The molecule has 2 N–H and O–H groups in total. The van der Waals surface area contributed by atoms with Gasteiger partial charge in [-0.25, -0.2) is 0 Å². The molecule has 10 heteroatoms. The van der Waals surface area contributed by atoms with Crippen molar-refractivity contribution in [2.75, 3.05) is 13.2 Å². The number of halogens is 3. The Morgan fingerprint density at radius 2 is 2.08 bits per heavy atom. The van der Waals surface area contributed by atoms with Crippen molar-refractivity contribution in [3.63, 3.8) is 0 Å². The molecule has 1 aromatic heterocycles. The van der Waals surface area contributed by atoms with Gasteiger partial charge in [0.25, 0.3) is 5.91 Å². The minimum atomic E-state index is -4.70. The van der Waals surface area contributed by atoms with Gasteiger partial charge in [0.05, 0.1) is 6.61 Å². The number of rotatable bonds is 8. The summed E-state index contributed by atoms with van der Waals surface area (Å²) >= 11 is 0. The van der Waals surface area contributed by atoms with Gasteiger partial charge in [0, 0.05) is 23.7 Å². The molecule has 0 aliphatic rings. The maximum absolute atomic E-state index is 12.5. The summed E-state index contributed by atoms with van der Waals surface area (Å²) in [6.45, 7) is 5.98. The van der Waals surface area contributed by atoms with Gasteiger partial charge < -0.3 is 9.84 Å². The Morgan fingerprint density at radius 3 is 2.65 bits per heavy atom. The van der Waals surface area contributed by atoms with Crippen LogP contribution in [0.1, 0.15) is 23.2 Å². The fourth-order valence-electron chi connectivity index (χ4n) is 1.87. The third kappa shape index (κ3) is 5.39. The predicted molar refractivity (Wildman–Crippen MR) is 85.8 cm³/mol. The summed E-state index contributed by atoms with van der Waals surface area (Å²) in [7, 11) is 0. The zero-order valence-electron chi connectivity index (χ0n) is 13.8. The largest absolute Gasteiger partial charge is 0.471 e. The molecule has 1 amide bonds. The SMILES string of the molecule is C=CCONC(C)CNC(=O)c1ccc(-c2noc(C(F)(F)F)n2)cc1. The molecule has 26 heavy (non-hydrogen) atoms. The zero-order chi connectivity index (χ0) is 19.2. The second-order valence-corrected chi connectivity index (χ2v) is 5.33. The van der Waals surface area contributed by atoms with Gasteiger partial charge in [0.1, 0.15) is 0 Å². The minimum absolute atomic E-state index is 0.127. The van der Waals surface area contributed by atoms with Crippen molar-refractivity contribution < 1.29 is 27.3 Å². The maximum atomic E-state index is 12.5. The lowest BCUT2D eigenvalue weighted by Gasteiger charge is -2.14. The van der Waals surface area contributed by atoms with Gasteiger partial charge in [-0.05, 0) is 19.1 Å². The molecule has 1 heterocycles. The number of benzene rings is 1. The topological polar surface area (TPSA) is 89.3 Å². The third-order valence-corrected chi connectivity index (χ3v) is 3.13. The summed E-state index contributed by atoms with van der Waals surface area (Å²) in [6, 6.07) is 5.67. The summed E-state index contributed by atoms with van der Waals surface area (Å²) < 4.78 is 41.6. The van der Waals surface area contributed by atoms with E-state index in [4.69, 9.17) is 4.84 Å². The Kier molecular flexibility index (Phi) is 6.47. The lowest BCUT2D eigenvalue weighted by Crippen LogP contribution is -2.39. The van der Waals surface area contributed by atoms with Crippen molar-refractivity contribution >= 4 is 5.91 Å². The molecule has 140 valence electrons. The first-order valence-electron chi connectivity index (χ1n) is 7.59. The number of carbonyl (C=O) groups is 1. The van der Waals surface area contributed by atoms with Crippen LogP contribution < -0.4 is 10.8 Å². The van der Waals surface area contributed by atoms with E-state index < -0.39 is 12.1 Å². The number of nitrogens with one attached hydrogen (secondary N) is 2. The highest BCUT2D eigenvalue weighted by Gasteiger charge is 2.38. The van der Waals surface area contributed by atoms with Crippen molar-refractivity contribution in [3.05, 3.63) is 48.4 Å². The Labute approximate surface area is 147 Å². The quantitative estimate of drug-likeness (QED) is 0.422. The van der Waals surface area contributed by atoms with Crippen molar-refractivity contribution in [1.82, 2.24) is 20.9 Å². The van der Waals surface area contributed by atoms with E-state index in [1.54, 1.807) is 6.08 Å². The summed E-state index contributed by atoms with van der Waals surface area (Å²) in [6.07, 6.45) is -3.12. The Hall–Kier alpha value is -2.72. The molecule has 0 fully saturated rings. The van der Waals surface area contributed by atoms with E-state index in [1.165, 1.54) is 24.3 Å². The van der Waals surface area contributed by atoms with Gasteiger partial charge in [0.15, 0.2) is 0 Å². The average molecular weight is 370 g/mol. The van der Waals surface area contributed by atoms with Crippen molar-refractivity contribution in [2.45, 2.75) is 19.1 Å². The van der Waals surface area contributed by atoms with Crippen molar-refractivity contribution in [3.8, 4) is 11.4 Å². The van der Waals surface area contributed by atoms with Crippen LogP contribution in [-0.4, -0.2) is 35.2 Å². The van der Waals surface area contributed by atoms with E-state index in [2.05, 4.69) is 32.0 Å². The summed E-state index contributed by atoms with van der Waals surface area (Å²) in [5, 5.41) is 5.99. The van der Waals surface area contributed by atoms with Crippen molar-refractivity contribution in [1.29, 1.82) is 0 Å². The molecule has 0 bridgehead atoms. The molecule has 2 aromatic rings. The highest BCUT2D eigenvalue weighted by Crippen LogP contribution is 2.29. The van der Waals surface area contributed by atoms with Crippen LogP contribution >= 0.6 is 0 Å². The predicted octanol–water partition coefficient (Wildman–Crippen LogP) is 2.58. The van der Waals surface area contributed by atoms with Crippen LogP contribution in [0, 0.1) is 0 Å². The van der Waals surface area contributed by atoms with Crippen LogP contribution in [0.4, 0.5) is 13.2 Å². The second-order valence-electron chi connectivity index (χ2n) is 5.33. The van der Waals surface area contributed by atoms with Crippen LogP contribution in [0.15, 0.2) is 41.4 Å². The average Bonchev–Trinajstić information content (AvgIpc) is 3.10. The standard InChI is InChI=1S/C16H17F3N4O3/c1-3-8-25-22-10(2)9-20-14(24)12-6-4-11(5-7-12)13-21-15(26-23-13)16(17,18)19/h3-7,10,22H,1,8-9H2,2H3,(H,20,24). The van der Waals surface area contributed by atoms with E-state index in [0.29, 0.717) is 24.3 Å². The Bertz CT molecular complexity index is 744. The first kappa shape index (κ1) is 19.6. The van der Waals surface area contributed by atoms with Gasteiger partial charge in [-0.2, -0.15) is 23.6 Å². The lowest BCUT2D eigenvalue weighted by molar-refractivity contribution is -0.159. The molecule has 1 atom stereocenters. The van der Waals surface area contributed by atoms with E-state index in [-0.39, 0.29) is 17.8 Å². The molecular weight excluding hydrogens is 353 g/mol. The van der Waals surface area contributed by atoms with Gasteiger partial charge in [-0.1, -0.05) is 23.4 Å². The van der Waals surface area contributed by atoms with Gasteiger partial charge in [-0.15, -0.1) is 6.58 Å². The second kappa shape index (κ2) is 8.59. The van der Waals surface area contributed by atoms with Crippen molar-refractivity contribution in [2.24, 2.45) is 0 Å². The molecule has 1 unspecified atom stereocenters. The minimum Gasteiger partial charge on any atom is -0.350 e. The Balaban J connectivity index is 1.93. The molecule has 0 saturated carbocycles. The highest BCUT2D eigenvalue weighted by molar-refractivity contribution is 5.94. The maximum Gasteiger partial charge on any atom is 0.471 e. The molecule has 0 aliphatic heterocycles. The molecule has 2 rings (SSSR count). The number of nitrogens with zero attached hydrogens (tertiary/aromatic N) is 2. The van der Waals surface area contributed by atoms with Gasteiger partial charge >= 0.3 is 12.1 Å². The molecule has 0 radical (unpaired) electrons. The molecule has 0 saturated heterocycles. The zero-order valence-corrected chi connectivity index (χ0v) is 13.8. The third-order valence-electron chi connectivity index (χ3n) is 3.13. The summed E-state index contributed by atoms with van der Waals surface area (Å²) in [4.78, 5) is 20.4. The highest BCUT2D eigenvalue weighted by atomic mass is 19.4. The molecule has 1 aromatic carbocycles. The number of alkyl halides is 3. The van der Waals surface area contributed by atoms with E-state index in [9.17, 15) is 18.0 Å². The van der Waals surface area contributed by atoms with Crippen LogP contribution in [0.5, 0.6) is 0 Å². The number of hydroxylamine groups is 1. The van der Waals surface area contributed by atoms with Crippen LogP contribution in [0.3, 0.4) is 0 Å². The van der Waals surface area contributed by atoms with Crippen LogP contribution in [0.25, 0.3) is 11.4 Å². The van der Waals surface area contributed by atoms with Crippen LogP contribution in [0.2, 0.25) is 0 Å². The summed E-state index contributed by atoms with van der Waals surface area (Å²) in [5.41, 5.74) is 3.37. The van der Waals surface area contributed by atoms with E-state index in [0.717, 1.165) is 0 Å². The first-order valence-corrected chi connectivity index (χ1v) is 7.59. The van der Waals surface area contributed by atoms with Gasteiger partial charge in [0.2, 0.25) is 5.82 Å². The number of aromatic nitrogens is 2. The van der Waals surface area contributed by atoms with E-state index >= 15 is 0 Å².